The van der Waals surface area contributed by atoms with E-state index in [0.717, 1.165) is 6.92 Å². The molecule has 7 nitrogen and oxygen atoms in total. The summed E-state index contributed by atoms with van der Waals surface area (Å²) < 4.78 is 103. The van der Waals surface area contributed by atoms with Crippen LogP contribution in [-0.2, 0) is 40.1 Å². The van der Waals surface area contributed by atoms with E-state index >= 15 is 0 Å². The zero-order chi connectivity index (χ0) is 31.8. The Balaban J connectivity index is 0.000000297. The first-order chi connectivity index (χ1) is 19.4. The SMILES string of the molecule is C=C(C)C(=O)OC(OCC(F)(F)S(=O)(=O)[O-])(C(C)=O)C(F)(F)F.c1ccc([S+](c2ccccc2)c2ccccc2)cc1. The summed E-state index contributed by atoms with van der Waals surface area (Å²) in [6.07, 6.45) is -5.84. The van der Waals surface area contributed by atoms with Crippen molar-refractivity contribution < 1.29 is 54.0 Å². The molecule has 0 fully saturated rings. The number of halogens is 5. The number of esters is 1. The molecule has 14 heteroatoms. The molecule has 0 amide bonds. The molecule has 3 aromatic carbocycles. The minimum absolute atomic E-state index is 0.0146. The molecule has 0 aliphatic heterocycles. The van der Waals surface area contributed by atoms with Crippen LogP contribution in [0.3, 0.4) is 0 Å². The van der Waals surface area contributed by atoms with E-state index in [1.807, 2.05) is 0 Å². The van der Waals surface area contributed by atoms with Crippen molar-refractivity contribution in [2.24, 2.45) is 0 Å². The normalized spacial score (nSPS) is 13.4. The second-order valence-corrected chi connectivity index (χ2v) is 12.0. The Morgan fingerprint density at radius 2 is 1.14 bits per heavy atom. The van der Waals surface area contributed by atoms with Gasteiger partial charge in [0.2, 0.25) is 5.78 Å². The van der Waals surface area contributed by atoms with E-state index in [4.69, 9.17) is 0 Å². The lowest BCUT2D eigenvalue weighted by Gasteiger charge is -2.33. The molecule has 1 unspecified atom stereocenters. The first kappa shape index (κ1) is 34.6. The van der Waals surface area contributed by atoms with Gasteiger partial charge in [-0.3, -0.25) is 4.79 Å². The Morgan fingerprint density at radius 3 is 1.40 bits per heavy atom. The van der Waals surface area contributed by atoms with Crippen molar-refractivity contribution in [1.29, 1.82) is 0 Å². The van der Waals surface area contributed by atoms with Gasteiger partial charge < -0.3 is 14.0 Å². The smallest absolute Gasteiger partial charge is 0.463 e. The van der Waals surface area contributed by atoms with Crippen molar-refractivity contribution in [2.45, 2.75) is 45.8 Å². The van der Waals surface area contributed by atoms with Gasteiger partial charge in [0.25, 0.3) is 0 Å². The third kappa shape index (κ3) is 8.71. The van der Waals surface area contributed by atoms with Crippen molar-refractivity contribution >= 4 is 32.8 Å². The third-order valence-corrected chi connectivity index (χ3v) is 8.25. The maximum Gasteiger partial charge on any atom is 0.463 e. The average molecular weight is 633 g/mol. The number of ketones is 1. The number of benzene rings is 3. The van der Waals surface area contributed by atoms with E-state index < -0.39 is 51.3 Å². The highest BCUT2D eigenvalue weighted by Crippen LogP contribution is 2.38. The molecular formula is C28H25F5O7S2. The Labute approximate surface area is 242 Å². The van der Waals surface area contributed by atoms with E-state index in [1.165, 1.54) is 14.7 Å². The van der Waals surface area contributed by atoms with E-state index in [9.17, 15) is 44.5 Å². The molecule has 0 radical (unpaired) electrons. The Kier molecular flexibility index (Phi) is 11.6. The fourth-order valence-electron chi connectivity index (χ4n) is 3.10. The summed E-state index contributed by atoms with van der Waals surface area (Å²) in [4.78, 5) is 26.5. The largest absolute Gasteiger partial charge is 0.743 e. The number of rotatable bonds is 10. The minimum atomic E-state index is -6.39. The molecule has 0 saturated carbocycles. The molecule has 0 spiro atoms. The van der Waals surface area contributed by atoms with E-state index in [1.54, 1.807) is 0 Å². The second kappa shape index (κ2) is 14.1. The Morgan fingerprint density at radius 1 is 0.786 bits per heavy atom. The van der Waals surface area contributed by atoms with Crippen molar-refractivity contribution in [3.63, 3.8) is 0 Å². The quantitative estimate of drug-likeness (QED) is 0.0685. The van der Waals surface area contributed by atoms with Gasteiger partial charge in [0.15, 0.2) is 24.8 Å². The summed E-state index contributed by atoms with van der Waals surface area (Å²) >= 11 is 0. The molecule has 0 heterocycles. The van der Waals surface area contributed by atoms with Crippen LogP contribution in [0.2, 0.25) is 0 Å². The molecule has 0 saturated heterocycles. The van der Waals surface area contributed by atoms with Crippen LogP contribution in [0, 0.1) is 0 Å². The molecule has 0 bridgehead atoms. The van der Waals surface area contributed by atoms with Crippen LogP contribution in [-0.4, -0.2) is 48.5 Å². The van der Waals surface area contributed by atoms with Gasteiger partial charge in [0.1, 0.15) is 6.61 Å². The number of hydrogen-bond acceptors (Lipinski definition) is 7. The fourth-order valence-corrected chi connectivity index (χ4v) is 5.40. The number of alkyl halides is 5. The van der Waals surface area contributed by atoms with Gasteiger partial charge in [0, 0.05) is 12.5 Å². The van der Waals surface area contributed by atoms with E-state index in [-0.39, 0.29) is 17.8 Å². The maximum atomic E-state index is 13.0. The van der Waals surface area contributed by atoms with Gasteiger partial charge in [-0.2, -0.15) is 22.0 Å². The summed E-state index contributed by atoms with van der Waals surface area (Å²) in [5, 5.41) is -5.30. The van der Waals surface area contributed by atoms with Gasteiger partial charge >= 0.3 is 23.2 Å². The molecule has 0 aliphatic carbocycles. The number of Topliss-reactive ketones (excluding diaryl/α,β-unsaturated/α-hetero) is 1. The van der Waals surface area contributed by atoms with Crippen LogP contribution >= 0.6 is 0 Å². The molecule has 0 aliphatic rings. The molecule has 3 aromatic rings. The van der Waals surface area contributed by atoms with Crippen LogP contribution in [0.15, 0.2) is 118 Å². The second-order valence-electron chi connectivity index (χ2n) is 8.47. The van der Waals surface area contributed by atoms with Crippen LogP contribution < -0.4 is 0 Å². The predicted octanol–water partition coefficient (Wildman–Crippen LogP) is 5.89. The zero-order valence-electron chi connectivity index (χ0n) is 22.1. The lowest BCUT2D eigenvalue weighted by atomic mass is 10.1. The van der Waals surface area contributed by atoms with Crippen LogP contribution in [0.25, 0.3) is 0 Å². The molecule has 42 heavy (non-hydrogen) atoms. The Bertz CT molecular complexity index is 1370. The van der Waals surface area contributed by atoms with Crippen LogP contribution in [0.1, 0.15) is 13.8 Å². The van der Waals surface area contributed by atoms with Gasteiger partial charge in [-0.1, -0.05) is 61.2 Å². The number of hydrogen-bond donors (Lipinski definition) is 0. The highest BCUT2D eigenvalue weighted by molar-refractivity contribution is 7.97. The number of carbonyl (C=O) groups is 2. The molecule has 226 valence electrons. The first-order valence-corrected chi connectivity index (χ1v) is 14.4. The van der Waals surface area contributed by atoms with Crippen molar-refractivity contribution in [2.75, 3.05) is 6.61 Å². The highest BCUT2D eigenvalue weighted by Gasteiger charge is 2.65. The van der Waals surface area contributed by atoms with Crippen LogP contribution in [0.4, 0.5) is 22.0 Å². The van der Waals surface area contributed by atoms with Gasteiger partial charge in [-0.25, -0.2) is 13.2 Å². The summed E-state index contributed by atoms with van der Waals surface area (Å²) in [5.41, 5.74) is -0.633. The predicted molar refractivity (Wildman–Crippen MR) is 142 cm³/mol. The summed E-state index contributed by atoms with van der Waals surface area (Å²) in [7, 11) is -6.40. The molecular weight excluding hydrogens is 607 g/mol. The minimum Gasteiger partial charge on any atom is -0.743 e. The van der Waals surface area contributed by atoms with Crippen molar-refractivity contribution in [1.82, 2.24) is 0 Å². The summed E-state index contributed by atoms with van der Waals surface area (Å²) in [6.45, 7) is 1.35. The van der Waals surface area contributed by atoms with Crippen LogP contribution in [0.5, 0.6) is 0 Å². The van der Waals surface area contributed by atoms with Gasteiger partial charge in [-0.15, -0.1) is 0 Å². The highest BCUT2D eigenvalue weighted by atomic mass is 32.2. The zero-order valence-corrected chi connectivity index (χ0v) is 23.8. The average Bonchev–Trinajstić information content (AvgIpc) is 2.91. The lowest BCUT2D eigenvalue weighted by Crippen LogP contribution is -2.58. The van der Waals surface area contributed by atoms with Crippen molar-refractivity contribution in [3.8, 4) is 0 Å². The lowest BCUT2D eigenvalue weighted by molar-refractivity contribution is -0.351. The monoisotopic (exact) mass is 632 g/mol. The maximum absolute atomic E-state index is 13.0. The topological polar surface area (TPSA) is 110 Å². The van der Waals surface area contributed by atoms with E-state index in [0.29, 0.717) is 0 Å². The molecule has 0 N–H and O–H groups in total. The molecule has 0 aromatic heterocycles. The fraction of sp³-hybridized carbons (Fsp3) is 0.214. The van der Waals surface area contributed by atoms with Gasteiger partial charge in [-0.05, 0) is 43.3 Å². The Hall–Kier alpha value is -3.59. The number of carbonyl (C=O) groups excluding carboxylic acids is 2. The summed E-state index contributed by atoms with van der Waals surface area (Å²) in [6, 6.07) is 32.2. The summed E-state index contributed by atoms with van der Waals surface area (Å²) in [5.74, 6) is -8.42. The number of ether oxygens (including phenoxy) is 2. The van der Waals surface area contributed by atoms with E-state index in [2.05, 4.69) is 107 Å². The van der Waals surface area contributed by atoms with Crippen molar-refractivity contribution in [3.05, 3.63) is 103 Å². The molecule has 3 rings (SSSR count). The molecule has 1 atom stereocenters. The first-order valence-electron chi connectivity index (χ1n) is 11.8. The van der Waals surface area contributed by atoms with Gasteiger partial charge in [0.05, 0.1) is 10.9 Å². The third-order valence-electron chi connectivity index (χ3n) is 5.17. The standard InChI is InChI=1S/C18H15S.C10H11F5O7S/c1-4-10-16(11-5-1)19(17-12-6-2-7-13-17)18-14-8-3-9-15-18;1-5(2)7(17)22-9(6(3)16,10(13,14)15)21-4-8(11,12)23(18,19)20/h1-15H;1,4H2,2-3H3,(H,18,19,20)/q+1;/p-1.